The van der Waals surface area contributed by atoms with Gasteiger partial charge in [-0.1, -0.05) is 24.3 Å². The van der Waals surface area contributed by atoms with Gasteiger partial charge in [-0.25, -0.2) is 13.6 Å². The van der Waals surface area contributed by atoms with Crippen LogP contribution in [0, 0.1) is 25.5 Å². The largest absolute Gasteiger partial charge is 0.478 e. The van der Waals surface area contributed by atoms with E-state index in [2.05, 4.69) is 11.9 Å². The number of carboxylic acid groups (broad SMARTS) is 1. The van der Waals surface area contributed by atoms with Gasteiger partial charge < -0.3 is 14.8 Å². The van der Waals surface area contributed by atoms with Gasteiger partial charge >= 0.3 is 5.97 Å². The van der Waals surface area contributed by atoms with Gasteiger partial charge in [0.2, 0.25) is 0 Å². The second-order valence-electron chi connectivity index (χ2n) is 8.63. The minimum Gasteiger partial charge on any atom is -0.478 e. The van der Waals surface area contributed by atoms with Gasteiger partial charge in [-0.2, -0.15) is 0 Å². The lowest BCUT2D eigenvalue weighted by atomic mass is 9.98. The zero-order valence-electron chi connectivity index (χ0n) is 20.3. The molecule has 0 saturated heterocycles. The van der Waals surface area contributed by atoms with E-state index in [0.717, 1.165) is 23.3 Å². The molecule has 1 atom stereocenters. The molecule has 0 spiro atoms. The molecule has 2 aromatic carbocycles. The van der Waals surface area contributed by atoms with Gasteiger partial charge in [-0.3, -0.25) is 4.79 Å². The van der Waals surface area contributed by atoms with Crippen LogP contribution in [0.15, 0.2) is 75.1 Å². The van der Waals surface area contributed by atoms with Crippen molar-refractivity contribution in [3.8, 4) is 11.3 Å². The number of aliphatic carboxylic acids is 1. The van der Waals surface area contributed by atoms with Crippen LogP contribution in [0.1, 0.15) is 43.5 Å². The lowest BCUT2D eigenvalue weighted by molar-refractivity contribution is -0.132. The molecule has 0 aliphatic rings. The van der Waals surface area contributed by atoms with Crippen LogP contribution >= 0.6 is 0 Å². The monoisotopic (exact) mass is 479 g/mol. The second-order valence-corrected chi connectivity index (χ2v) is 8.63. The third-order valence-electron chi connectivity index (χ3n) is 5.67. The molecular formula is C28H27F2NO4. The first-order valence-electron chi connectivity index (χ1n) is 11.0. The molecule has 0 aliphatic carbocycles. The summed E-state index contributed by atoms with van der Waals surface area (Å²) < 4.78 is 34.1. The van der Waals surface area contributed by atoms with Crippen molar-refractivity contribution in [1.82, 2.24) is 5.32 Å². The van der Waals surface area contributed by atoms with Crippen molar-refractivity contribution in [3.05, 3.63) is 104 Å². The average molecular weight is 480 g/mol. The fraction of sp³-hybridized carbons (Fsp3) is 0.214. The molecule has 3 aromatic rings. The van der Waals surface area contributed by atoms with E-state index in [1.165, 1.54) is 19.9 Å². The Hall–Kier alpha value is -4.00. The summed E-state index contributed by atoms with van der Waals surface area (Å²) in [4.78, 5) is 24.9. The Morgan fingerprint density at radius 2 is 1.83 bits per heavy atom. The molecule has 0 amide bonds. The average Bonchev–Trinajstić information content (AvgIpc) is 2.78. The molecule has 0 radical (unpaired) electrons. The number of hydrogen-bond donors (Lipinski definition) is 2. The fourth-order valence-corrected chi connectivity index (χ4v) is 3.75. The van der Waals surface area contributed by atoms with Crippen molar-refractivity contribution in [2.75, 3.05) is 0 Å². The lowest BCUT2D eigenvalue weighted by Gasteiger charge is -2.20. The summed E-state index contributed by atoms with van der Waals surface area (Å²) in [6.07, 6.45) is 3.31. The number of aryl methyl sites for hydroxylation is 1. The zero-order chi connectivity index (χ0) is 26.0. The first-order valence-corrected chi connectivity index (χ1v) is 11.0. The predicted octanol–water partition coefficient (Wildman–Crippen LogP) is 6.50. The van der Waals surface area contributed by atoms with E-state index in [1.54, 1.807) is 32.1 Å². The Labute approximate surface area is 202 Å². The van der Waals surface area contributed by atoms with E-state index >= 15 is 0 Å². The van der Waals surface area contributed by atoms with Gasteiger partial charge in [0.05, 0.1) is 22.6 Å². The van der Waals surface area contributed by atoms with Crippen LogP contribution in [0.5, 0.6) is 0 Å². The number of hydrogen-bond acceptors (Lipinski definition) is 4. The number of halogens is 2. The molecule has 35 heavy (non-hydrogen) atoms. The highest BCUT2D eigenvalue weighted by Crippen LogP contribution is 2.32. The summed E-state index contributed by atoms with van der Waals surface area (Å²) in [6.45, 7) is 12.2. The van der Waals surface area contributed by atoms with Gasteiger partial charge in [0, 0.05) is 22.9 Å². The molecule has 182 valence electrons. The highest BCUT2D eigenvalue weighted by atomic mass is 19.1. The maximum Gasteiger partial charge on any atom is 0.333 e. The fourth-order valence-electron chi connectivity index (χ4n) is 3.75. The van der Waals surface area contributed by atoms with Crippen LogP contribution in [0.4, 0.5) is 8.78 Å². The molecule has 1 heterocycles. The summed E-state index contributed by atoms with van der Waals surface area (Å²) in [5, 5.41) is 13.0. The van der Waals surface area contributed by atoms with Crippen molar-refractivity contribution in [2.24, 2.45) is 0 Å². The van der Waals surface area contributed by atoms with E-state index in [1.807, 2.05) is 13.0 Å². The number of allylic oxidation sites excluding steroid dienone is 3. The van der Waals surface area contributed by atoms with Gasteiger partial charge in [-0.05, 0) is 64.5 Å². The van der Waals surface area contributed by atoms with E-state index in [4.69, 9.17) is 4.42 Å². The molecular weight excluding hydrogens is 452 g/mol. The Bertz CT molecular complexity index is 1460. The van der Waals surface area contributed by atoms with Crippen LogP contribution in [-0.2, 0) is 4.79 Å². The van der Waals surface area contributed by atoms with E-state index in [9.17, 15) is 23.5 Å². The van der Waals surface area contributed by atoms with Crippen molar-refractivity contribution < 1.29 is 23.1 Å². The smallest absolute Gasteiger partial charge is 0.333 e. The minimum atomic E-state index is -1.09. The second kappa shape index (κ2) is 10.1. The third kappa shape index (κ3) is 5.40. The van der Waals surface area contributed by atoms with Crippen LogP contribution in [-0.4, -0.2) is 11.1 Å². The highest BCUT2D eigenvalue weighted by molar-refractivity contribution is 5.87. The quantitative estimate of drug-likeness (QED) is 0.299. The molecule has 0 bridgehead atoms. The number of carbonyl (C=O) groups is 1. The van der Waals surface area contributed by atoms with Crippen LogP contribution < -0.4 is 10.7 Å². The SMILES string of the molecule is C=C(C)/C=C\C(NC(C)c1cc(C)cc2c(=O)c(C)c(-c3ccc(F)cc3F)oc12)=C(/C)C(=O)O. The predicted molar refractivity (Wildman–Crippen MR) is 133 cm³/mol. The normalized spacial score (nSPS) is 13.1. The van der Waals surface area contributed by atoms with Gasteiger partial charge in [0.1, 0.15) is 23.0 Å². The summed E-state index contributed by atoms with van der Waals surface area (Å²) >= 11 is 0. The number of carboxylic acids is 1. The molecule has 1 aromatic heterocycles. The van der Waals surface area contributed by atoms with Gasteiger partial charge in [0.25, 0.3) is 0 Å². The molecule has 5 nitrogen and oxygen atoms in total. The molecule has 7 heteroatoms. The summed E-state index contributed by atoms with van der Waals surface area (Å²) in [5.74, 6) is -2.66. The zero-order valence-corrected chi connectivity index (χ0v) is 20.3. The molecule has 1 unspecified atom stereocenters. The Kier molecular flexibility index (Phi) is 7.39. The van der Waals surface area contributed by atoms with E-state index in [0.29, 0.717) is 16.6 Å². The first kappa shape index (κ1) is 25.6. The molecule has 2 N–H and O–H groups in total. The van der Waals surface area contributed by atoms with E-state index in [-0.39, 0.29) is 33.5 Å². The summed E-state index contributed by atoms with van der Waals surface area (Å²) in [5.41, 5.74) is 2.66. The topological polar surface area (TPSA) is 79.5 Å². The van der Waals surface area contributed by atoms with Crippen molar-refractivity contribution in [1.29, 1.82) is 0 Å². The first-order chi connectivity index (χ1) is 16.4. The van der Waals surface area contributed by atoms with Crippen molar-refractivity contribution >= 4 is 16.9 Å². The summed E-state index contributed by atoms with van der Waals surface area (Å²) in [6, 6.07) is 6.08. The van der Waals surface area contributed by atoms with Crippen LogP contribution in [0.3, 0.4) is 0 Å². The Morgan fingerprint density at radius 3 is 2.43 bits per heavy atom. The van der Waals surface area contributed by atoms with Crippen LogP contribution in [0.2, 0.25) is 0 Å². The number of fused-ring (bicyclic) bond motifs is 1. The van der Waals surface area contributed by atoms with E-state index < -0.39 is 23.6 Å². The lowest BCUT2D eigenvalue weighted by Crippen LogP contribution is -2.21. The molecule has 0 aliphatic heterocycles. The maximum absolute atomic E-state index is 14.6. The highest BCUT2D eigenvalue weighted by Gasteiger charge is 2.21. The summed E-state index contributed by atoms with van der Waals surface area (Å²) in [7, 11) is 0. The molecule has 0 fully saturated rings. The van der Waals surface area contributed by atoms with Crippen molar-refractivity contribution in [2.45, 2.75) is 40.7 Å². The standard InChI is InChI=1S/C28H27F2NO4/c1-14(2)7-10-24(16(4)28(33)34)31-18(6)21-11-15(3)12-22-25(32)17(5)26(35-27(21)22)20-9-8-19(29)13-23(20)30/h7-13,18,31H,1H2,2-6H3,(H,33,34)/b10-7-,24-16-. The molecule has 0 saturated carbocycles. The number of rotatable bonds is 7. The van der Waals surface area contributed by atoms with Crippen molar-refractivity contribution in [3.63, 3.8) is 0 Å². The Balaban J connectivity index is 2.24. The van der Waals surface area contributed by atoms with Gasteiger partial charge in [-0.15, -0.1) is 0 Å². The molecule has 3 rings (SSSR count). The minimum absolute atomic E-state index is 0.0111. The third-order valence-corrected chi connectivity index (χ3v) is 5.67. The number of nitrogens with one attached hydrogen (secondary N) is 1. The van der Waals surface area contributed by atoms with Crippen LogP contribution in [0.25, 0.3) is 22.3 Å². The Morgan fingerprint density at radius 1 is 1.14 bits per heavy atom. The maximum atomic E-state index is 14.6. The van der Waals surface area contributed by atoms with Gasteiger partial charge in [0.15, 0.2) is 5.43 Å². The number of benzene rings is 2.